The number of hydrogen-bond acceptors (Lipinski definition) is 5. The van der Waals surface area contributed by atoms with Gasteiger partial charge in [0.1, 0.15) is 0 Å². The lowest BCUT2D eigenvalue weighted by atomic mass is 9.97. The van der Waals surface area contributed by atoms with Gasteiger partial charge in [-0.3, -0.25) is 4.79 Å². The van der Waals surface area contributed by atoms with E-state index in [2.05, 4.69) is 10.0 Å². The van der Waals surface area contributed by atoms with Crippen molar-refractivity contribution in [2.75, 3.05) is 13.1 Å². The predicted molar refractivity (Wildman–Crippen MR) is 73.9 cm³/mol. The molecule has 0 spiro atoms. The first-order chi connectivity index (χ1) is 9.92. The lowest BCUT2D eigenvalue weighted by molar-refractivity contribution is -0.142. The van der Waals surface area contributed by atoms with Gasteiger partial charge < -0.3 is 10.4 Å². The number of carboxylic acids is 1. The molecule has 0 aliphatic carbocycles. The van der Waals surface area contributed by atoms with Gasteiger partial charge in [0.25, 0.3) is 0 Å². The van der Waals surface area contributed by atoms with Crippen molar-refractivity contribution in [2.24, 2.45) is 5.92 Å². The molecule has 0 amide bonds. The molecule has 0 bridgehead atoms. The molecule has 1 fully saturated rings. The van der Waals surface area contributed by atoms with Crippen LogP contribution in [0.4, 0.5) is 0 Å². The number of sulfonamides is 1. The Hall–Kier alpha value is -1.95. The zero-order chi connectivity index (χ0) is 15.5. The summed E-state index contributed by atoms with van der Waals surface area (Å²) in [5.41, 5.74) is 0.253. The molecule has 1 aliphatic heterocycles. The van der Waals surface area contributed by atoms with Crippen LogP contribution >= 0.6 is 0 Å². The van der Waals surface area contributed by atoms with Crippen LogP contribution in [0.1, 0.15) is 12.0 Å². The zero-order valence-electron chi connectivity index (χ0n) is 11.1. The van der Waals surface area contributed by atoms with Gasteiger partial charge in [0, 0.05) is 19.1 Å². The summed E-state index contributed by atoms with van der Waals surface area (Å²) in [5.74, 6) is -1.56. The molecule has 7 nitrogen and oxygen atoms in total. The first-order valence-corrected chi connectivity index (χ1v) is 7.86. The van der Waals surface area contributed by atoms with Crippen molar-refractivity contribution in [1.82, 2.24) is 10.0 Å². The summed E-state index contributed by atoms with van der Waals surface area (Å²) in [6, 6.07) is 7.08. The van der Waals surface area contributed by atoms with Gasteiger partial charge in [0.2, 0.25) is 10.0 Å². The molecule has 2 unspecified atom stereocenters. The van der Waals surface area contributed by atoms with Gasteiger partial charge in [-0.05, 0) is 24.6 Å². The fourth-order valence-electron chi connectivity index (χ4n) is 2.24. The molecule has 2 atom stereocenters. The minimum absolute atomic E-state index is 0.000927. The number of carbonyl (C=O) groups is 1. The number of benzene rings is 1. The van der Waals surface area contributed by atoms with Crippen LogP contribution in [0.15, 0.2) is 29.2 Å². The van der Waals surface area contributed by atoms with E-state index in [-0.39, 0.29) is 16.9 Å². The Morgan fingerprint density at radius 3 is 2.86 bits per heavy atom. The molecule has 21 heavy (non-hydrogen) atoms. The maximum Gasteiger partial charge on any atom is 0.307 e. The van der Waals surface area contributed by atoms with Crippen molar-refractivity contribution in [3.8, 4) is 6.07 Å². The molecule has 1 aromatic rings. The standard InChI is InChI=1S/C13H15N3O4S/c14-6-9-2-1-3-12(4-9)21(19,20)16-11-5-10(13(17)18)7-15-8-11/h1-4,10-11,15-16H,5,7-8H2,(H,17,18). The van der Waals surface area contributed by atoms with Crippen LogP contribution in [0, 0.1) is 17.2 Å². The number of aliphatic carboxylic acids is 1. The van der Waals surface area contributed by atoms with Crippen molar-refractivity contribution in [3.63, 3.8) is 0 Å². The fraction of sp³-hybridized carbons (Fsp3) is 0.385. The monoisotopic (exact) mass is 309 g/mol. The maximum atomic E-state index is 12.2. The van der Waals surface area contributed by atoms with Crippen LogP contribution in [-0.4, -0.2) is 38.6 Å². The first kappa shape index (κ1) is 15.4. The lowest BCUT2D eigenvalue weighted by Gasteiger charge is -2.28. The summed E-state index contributed by atoms with van der Waals surface area (Å²) < 4.78 is 27.0. The molecule has 0 saturated carbocycles. The van der Waals surface area contributed by atoms with Crippen LogP contribution in [0.2, 0.25) is 0 Å². The largest absolute Gasteiger partial charge is 0.481 e. The van der Waals surface area contributed by atoms with E-state index in [1.807, 2.05) is 6.07 Å². The molecule has 2 rings (SSSR count). The van der Waals surface area contributed by atoms with Gasteiger partial charge in [-0.1, -0.05) is 6.07 Å². The second-order valence-corrected chi connectivity index (χ2v) is 6.60. The van der Waals surface area contributed by atoms with Crippen molar-refractivity contribution >= 4 is 16.0 Å². The average molecular weight is 309 g/mol. The molecule has 0 radical (unpaired) electrons. The molecular formula is C13H15N3O4S. The third kappa shape index (κ3) is 3.78. The van der Waals surface area contributed by atoms with E-state index in [1.54, 1.807) is 0 Å². The van der Waals surface area contributed by atoms with E-state index in [9.17, 15) is 13.2 Å². The second kappa shape index (κ2) is 6.22. The Balaban J connectivity index is 2.14. The Morgan fingerprint density at radius 1 is 1.43 bits per heavy atom. The predicted octanol–water partition coefficient (Wildman–Crippen LogP) is -0.101. The number of nitriles is 1. The minimum atomic E-state index is -3.78. The van der Waals surface area contributed by atoms with E-state index in [1.165, 1.54) is 24.3 Å². The van der Waals surface area contributed by atoms with Gasteiger partial charge in [-0.25, -0.2) is 13.1 Å². The molecule has 1 aliphatic rings. The van der Waals surface area contributed by atoms with Gasteiger partial charge in [-0.2, -0.15) is 5.26 Å². The quantitative estimate of drug-likeness (QED) is 0.714. The summed E-state index contributed by atoms with van der Waals surface area (Å²) in [7, 11) is -3.78. The third-order valence-electron chi connectivity index (χ3n) is 3.30. The first-order valence-electron chi connectivity index (χ1n) is 6.38. The highest BCUT2D eigenvalue weighted by Crippen LogP contribution is 2.16. The van der Waals surface area contributed by atoms with Gasteiger partial charge in [0.15, 0.2) is 0 Å². The number of nitrogens with zero attached hydrogens (tertiary/aromatic N) is 1. The highest BCUT2D eigenvalue weighted by molar-refractivity contribution is 7.89. The number of rotatable bonds is 4. The second-order valence-electron chi connectivity index (χ2n) is 4.89. The zero-order valence-corrected chi connectivity index (χ0v) is 11.9. The van der Waals surface area contributed by atoms with E-state index in [4.69, 9.17) is 10.4 Å². The Morgan fingerprint density at radius 2 is 2.19 bits per heavy atom. The van der Waals surface area contributed by atoms with Crippen molar-refractivity contribution < 1.29 is 18.3 Å². The number of piperidine rings is 1. The van der Waals surface area contributed by atoms with Gasteiger partial charge in [-0.15, -0.1) is 0 Å². The Bertz CT molecular complexity index is 681. The molecule has 8 heteroatoms. The fourth-order valence-corrected chi connectivity index (χ4v) is 3.53. The van der Waals surface area contributed by atoms with E-state index in [0.717, 1.165) is 0 Å². The topological polar surface area (TPSA) is 119 Å². The highest BCUT2D eigenvalue weighted by Gasteiger charge is 2.29. The van der Waals surface area contributed by atoms with Crippen LogP contribution in [0.25, 0.3) is 0 Å². The Kier molecular flexibility index (Phi) is 4.57. The van der Waals surface area contributed by atoms with Gasteiger partial charge >= 0.3 is 5.97 Å². The summed E-state index contributed by atoms with van der Waals surface area (Å²) in [4.78, 5) is 11.0. The highest BCUT2D eigenvalue weighted by atomic mass is 32.2. The van der Waals surface area contributed by atoms with E-state index < -0.39 is 28.0 Å². The molecule has 0 aromatic heterocycles. The van der Waals surface area contributed by atoms with Crippen LogP contribution in [0.3, 0.4) is 0 Å². The Labute approximate surface area is 122 Å². The van der Waals surface area contributed by atoms with Gasteiger partial charge in [0.05, 0.1) is 22.4 Å². The SMILES string of the molecule is N#Cc1cccc(S(=O)(=O)NC2CNCC(C(=O)O)C2)c1. The van der Waals surface area contributed by atoms with Crippen molar-refractivity contribution in [3.05, 3.63) is 29.8 Å². The molecule has 1 saturated heterocycles. The average Bonchev–Trinajstić information content (AvgIpc) is 2.47. The van der Waals surface area contributed by atoms with E-state index >= 15 is 0 Å². The maximum absolute atomic E-state index is 12.2. The normalized spacial score (nSPS) is 22.4. The van der Waals surface area contributed by atoms with Crippen LogP contribution < -0.4 is 10.0 Å². The summed E-state index contributed by atoms with van der Waals surface area (Å²) in [6.45, 7) is 0.707. The molecule has 1 aromatic carbocycles. The van der Waals surface area contributed by atoms with Crippen LogP contribution in [-0.2, 0) is 14.8 Å². The number of nitrogens with one attached hydrogen (secondary N) is 2. The number of carboxylic acid groups (broad SMARTS) is 1. The van der Waals surface area contributed by atoms with Crippen molar-refractivity contribution in [2.45, 2.75) is 17.4 Å². The lowest BCUT2D eigenvalue weighted by Crippen LogP contribution is -2.50. The van der Waals surface area contributed by atoms with Crippen LogP contribution in [0.5, 0.6) is 0 Å². The number of hydrogen-bond donors (Lipinski definition) is 3. The molecule has 112 valence electrons. The minimum Gasteiger partial charge on any atom is -0.481 e. The molecule has 1 heterocycles. The smallest absolute Gasteiger partial charge is 0.307 e. The van der Waals surface area contributed by atoms with E-state index in [0.29, 0.717) is 13.1 Å². The summed E-state index contributed by atoms with van der Waals surface area (Å²) in [6.07, 6.45) is 0.236. The summed E-state index contributed by atoms with van der Waals surface area (Å²) >= 11 is 0. The third-order valence-corrected chi connectivity index (χ3v) is 4.81. The molecule has 3 N–H and O–H groups in total. The summed E-state index contributed by atoms with van der Waals surface area (Å²) in [5, 5.41) is 20.7. The molecular weight excluding hydrogens is 294 g/mol. The van der Waals surface area contributed by atoms with Crippen molar-refractivity contribution in [1.29, 1.82) is 5.26 Å².